The van der Waals surface area contributed by atoms with Crippen molar-refractivity contribution >= 4 is 17.5 Å². The van der Waals surface area contributed by atoms with E-state index in [9.17, 15) is 4.79 Å². The molecule has 18 heavy (non-hydrogen) atoms. The predicted octanol–water partition coefficient (Wildman–Crippen LogP) is 3.33. The van der Waals surface area contributed by atoms with Gasteiger partial charge >= 0.3 is 0 Å². The number of hydrogen-bond acceptors (Lipinski definition) is 2. The van der Waals surface area contributed by atoms with E-state index in [1.807, 2.05) is 45.0 Å². The smallest absolute Gasteiger partial charge is 0.246 e. The Balaban J connectivity index is 2.59. The van der Waals surface area contributed by atoms with Crippen molar-refractivity contribution in [1.82, 2.24) is 5.32 Å². The maximum atomic E-state index is 11.7. The molecule has 1 aromatic carbocycles. The third kappa shape index (κ3) is 5.07. The van der Waals surface area contributed by atoms with Crippen molar-refractivity contribution in [1.29, 1.82) is 0 Å². The first-order chi connectivity index (χ1) is 8.52. The first-order valence-electron chi connectivity index (χ1n) is 6.19. The van der Waals surface area contributed by atoms with Crippen LogP contribution in [0.2, 0.25) is 5.02 Å². The molecule has 0 radical (unpaired) electrons. The van der Waals surface area contributed by atoms with E-state index in [1.54, 1.807) is 0 Å². The highest BCUT2D eigenvalue weighted by Crippen LogP contribution is 2.20. The number of halogens is 1. The lowest BCUT2D eigenvalue weighted by molar-refractivity contribution is -0.127. The van der Waals surface area contributed by atoms with Crippen LogP contribution in [0.5, 0.6) is 0 Å². The summed E-state index contributed by atoms with van der Waals surface area (Å²) >= 11 is 5.95. The van der Waals surface area contributed by atoms with E-state index in [4.69, 9.17) is 16.3 Å². The minimum atomic E-state index is -0.101. The molecule has 3 nitrogen and oxygen atoms in total. The SMILES string of the molecule is CCC(NC(=O)COC(C)C)c1cccc(Cl)c1. The molecule has 1 amide bonds. The topological polar surface area (TPSA) is 38.3 Å². The molecule has 0 fully saturated rings. The molecule has 1 unspecified atom stereocenters. The molecule has 1 rings (SSSR count). The Bertz CT molecular complexity index is 393. The molecule has 1 aromatic rings. The summed E-state index contributed by atoms with van der Waals surface area (Å²) in [7, 11) is 0. The molecule has 1 N–H and O–H groups in total. The van der Waals surface area contributed by atoms with Gasteiger partial charge in [-0.2, -0.15) is 0 Å². The Hall–Kier alpha value is -1.06. The Morgan fingerprint density at radius 2 is 2.17 bits per heavy atom. The van der Waals surface area contributed by atoms with Crippen molar-refractivity contribution < 1.29 is 9.53 Å². The van der Waals surface area contributed by atoms with E-state index in [0.717, 1.165) is 12.0 Å². The van der Waals surface area contributed by atoms with E-state index >= 15 is 0 Å². The minimum absolute atomic E-state index is 0.0213. The number of ether oxygens (including phenoxy) is 1. The minimum Gasteiger partial charge on any atom is -0.369 e. The first-order valence-corrected chi connectivity index (χ1v) is 6.57. The number of benzene rings is 1. The van der Waals surface area contributed by atoms with Crippen LogP contribution in [0.1, 0.15) is 38.8 Å². The molecule has 4 heteroatoms. The molecule has 1 atom stereocenters. The van der Waals surface area contributed by atoms with Crippen LogP contribution in [-0.2, 0) is 9.53 Å². The third-order valence-electron chi connectivity index (χ3n) is 2.54. The van der Waals surface area contributed by atoms with Crippen LogP contribution < -0.4 is 5.32 Å². The number of carbonyl (C=O) groups excluding carboxylic acids is 1. The van der Waals surface area contributed by atoms with Crippen LogP contribution in [0.3, 0.4) is 0 Å². The molecule has 0 aliphatic heterocycles. The fourth-order valence-corrected chi connectivity index (χ4v) is 1.82. The van der Waals surface area contributed by atoms with Crippen LogP contribution in [0.15, 0.2) is 24.3 Å². The number of rotatable bonds is 6. The van der Waals surface area contributed by atoms with Gasteiger partial charge in [0.1, 0.15) is 6.61 Å². The predicted molar refractivity (Wildman–Crippen MR) is 73.7 cm³/mol. The molecular weight excluding hydrogens is 250 g/mol. The van der Waals surface area contributed by atoms with E-state index < -0.39 is 0 Å². The maximum absolute atomic E-state index is 11.7. The number of nitrogens with one attached hydrogen (secondary N) is 1. The second-order valence-corrected chi connectivity index (χ2v) is 4.88. The van der Waals surface area contributed by atoms with Crippen molar-refractivity contribution in [3.63, 3.8) is 0 Å². The van der Waals surface area contributed by atoms with Crippen LogP contribution in [-0.4, -0.2) is 18.6 Å². The van der Waals surface area contributed by atoms with Gasteiger partial charge in [-0.3, -0.25) is 4.79 Å². The lowest BCUT2D eigenvalue weighted by atomic mass is 10.0. The van der Waals surface area contributed by atoms with Crippen LogP contribution in [0.4, 0.5) is 0 Å². The third-order valence-corrected chi connectivity index (χ3v) is 2.78. The van der Waals surface area contributed by atoms with Gasteiger partial charge in [0, 0.05) is 5.02 Å². The fraction of sp³-hybridized carbons (Fsp3) is 0.500. The molecule has 0 spiro atoms. The zero-order chi connectivity index (χ0) is 13.5. The number of carbonyl (C=O) groups is 1. The lowest BCUT2D eigenvalue weighted by Gasteiger charge is -2.18. The zero-order valence-electron chi connectivity index (χ0n) is 11.1. The summed E-state index contributed by atoms with van der Waals surface area (Å²) in [6.45, 7) is 5.92. The zero-order valence-corrected chi connectivity index (χ0v) is 11.8. The van der Waals surface area contributed by atoms with Gasteiger partial charge in [0.25, 0.3) is 0 Å². The molecule has 0 bridgehead atoms. The fourth-order valence-electron chi connectivity index (χ4n) is 1.62. The molecule has 0 aromatic heterocycles. The quantitative estimate of drug-likeness (QED) is 0.860. The lowest BCUT2D eigenvalue weighted by Crippen LogP contribution is -2.32. The van der Waals surface area contributed by atoms with Crippen molar-refractivity contribution in [2.24, 2.45) is 0 Å². The van der Waals surface area contributed by atoms with E-state index in [0.29, 0.717) is 5.02 Å². The highest BCUT2D eigenvalue weighted by molar-refractivity contribution is 6.30. The normalized spacial score (nSPS) is 12.5. The second kappa shape index (κ2) is 7.39. The molecule has 0 aliphatic carbocycles. The molecule has 0 saturated heterocycles. The Morgan fingerprint density at radius 1 is 1.44 bits per heavy atom. The Kier molecular flexibility index (Phi) is 6.16. The van der Waals surface area contributed by atoms with Gasteiger partial charge in [-0.25, -0.2) is 0 Å². The van der Waals surface area contributed by atoms with Crippen molar-refractivity contribution in [3.05, 3.63) is 34.9 Å². The molecule has 0 aliphatic rings. The largest absolute Gasteiger partial charge is 0.369 e. The van der Waals surface area contributed by atoms with Gasteiger partial charge in [-0.15, -0.1) is 0 Å². The summed E-state index contributed by atoms with van der Waals surface area (Å²) in [6, 6.07) is 7.52. The Labute approximate surface area is 113 Å². The van der Waals surface area contributed by atoms with E-state index in [-0.39, 0.29) is 24.7 Å². The van der Waals surface area contributed by atoms with Crippen LogP contribution in [0, 0.1) is 0 Å². The van der Waals surface area contributed by atoms with Gasteiger partial charge in [0.15, 0.2) is 0 Å². The summed E-state index contributed by atoms with van der Waals surface area (Å²) < 4.78 is 5.27. The van der Waals surface area contributed by atoms with Gasteiger partial charge in [-0.05, 0) is 38.0 Å². The van der Waals surface area contributed by atoms with E-state index in [2.05, 4.69) is 5.32 Å². The monoisotopic (exact) mass is 269 g/mol. The highest BCUT2D eigenvalue weighted by Gasteiger charge is 2.13. The summed E-state index contributed by atoms with van der Waals surface area (Å²) in [6.07, 6.45) is 0.871. The average Bonchev–Trinajstić information content (AvgIpc) is 2.33. The number of amides is 1. The van der Waals surface area contributed by atoms with Gasteiger partial charge in [0.2, 0.25) is 5.91 Å². The highest BCUT2D eigenvalue weighted by atomic mass is 35.5. The summed E-state index contributed by atoms with van der Waals surface area (Å²) in [5, 5.41) is 3.62. The maximum Gasteiger partial charge on any atom is 0.246 e. The number of hydrogen-bond donors (Lipinski definition) is 1. The van der Waals surface area contributed by atoms with Gasteiger partial charge in [-0.1, -0.05) is 30.7 Å². The van der Waals surface area contributed by atoms with Gasteiger partial charge < -0.3 is 10.1 Å². The Morgan fingerprint density at radius 3 is 2.72 bits per heavy atom. The molecule has 100 valence electrons. The molecule has 0 heterocycles. The van der Waals surface area contributed by atoms with Crippen LogP contribution >= 0.6 is 11.6 Å². The van der Waals surface area contributed by atoms with Crippen molar-refractivity contribution in [3.8, 4) is 0 Å². The summed E-state index contributed by atoms with van der Waals surface area (Å²) in [5.41, 5.74) is 1.02. The molecule has 0 saturated carbocycles. The van der Waals surface area contributed by atoms with Gasteiger partial charge in [0.05, 0.1) is 12.1 Å². The first kappa shape index (κ1) is 15.0. The van der Waals surface area contributed by atoms with E-state index in [1.165, 1.54) is 0 Å². The standard InChI is InChI=1S/C14H20ClNO2/c1-4-13(11-6-5-7-12(15)8-11)16-14(17)9-18-10(2)3/h5-8,10,13H,4,9H2,1-3H3,(H,16,17). The molecular formula is C14H20ClNO2. The average molecular weight is 270 g/mol. The summed E-state index contributed by atoms with van der Waals surface area (Å²) in [5.74, 6) is -0.101. The summed E-state index contributed by atoms with van der Waals surface area (Å²) in [4.78, 5) is 11.7. The van der Waals surface area contributed by atoms with Crippen molar-refractivity contribution in [2.75, 3.05) is 6.61 Å². The second-order valence-electron chi connectivity index (χ2n) is 4.44. The van der Waals surface area contributed by atoms with Crippen molar-refractivity contribution in [2.45, 2.75) is 39.3 Å². The van der Waals surface area contributed by atoms with Crippen LogP contribution in [0.25, 0.3) is 0 Å².